The van der Waals surface area contributed by atoms with Crippen LogP contribution >= 0.6 is 38.6 Å². The van der Waals surface area contributed by atoms with Gasteiger partial charge in [-0.25, -0.2) is 13.6 Å². The van der Waals surface area contributed by atoms with Crippen molar-refractivity contribution in [2.45, 2.75) is 26.4 Å². The van der Waals surface area contributed by atoms with E-state index in [1.54, 1.807) is 45.2 Å². The van der Waals surface area contributed by atoms with Gasteiger partial charge < -0.3 is 10.1 Å². The Labute approximate surface area is 227 Å². The van der Waals surface area contributed by atoms with Gasteiger partial charge in [0.2, 0.25) is 0 Å². The summed E-state index contributed by atoms with van der Waals surface area (Å²) in [6.45, 7) is 5.38. The number of rotatable bonds is 3. The molecule has 1 N–H and O–H groups in total. The molecule has 0 aliphatic rings. The summed E-state index contributed by atoms with van der Waals surface area (Å²) in [5, 5.41) is 3.60. The van der Waals surface area contributed by atoms with Crippen LogP contribution in [0.4, 0.5) is 14.5 Å². The first-order valence-electron chi connectivity index (χ1n) is 10.9. The Balaban J connectivity index is 0.000000176. The van der Waals surface area contributed by atoms with E-state index >= 15 is 0 Å². The highest BCUT2D eigenvalue weighted by Crippen LogP contribution is 2.29. The second-order valence-corrected chi connectivity index (χ2v) is 11.8. The summed E-state index contributed by atoms with van der Waals surface area (Å²) in [4.78, 5) is 32.3. The third-order valence-electron chi connectivity index (χ3n) is 4.72. The van der Waals surface area contributed by atoms with Crippen LogP contribution in [0.3, 0.4) is 0 Å². The lowest BCUT2D eigenvalue weighted by molar-refractivity contribution is 0.00752. The van der Waals surface area contributed by atoms with Crippen molar-refractivity contribution in [2.24, 2.45) is 0 Å². The van der Waals surface area contributed by atoms with Crippen molar-refractivity contribution in [2.75, 3.05) is 5.32 Å². The molecule has 5 rings (SSSR count). The van der Waals surface area contributed by atoms with E-state index in [1.807, 2.05) is 12.1 Å². The van der Waals surface area contributed by atoms with Crippen LogP contribution in [0, 0.1) is 11.6 Å². The second kappa shape index (κ2) is 11.0. The van der Waals surface area contributed by atoms with Crippen molar-refractivity contribution in [3.05, 3.63) is 87.0 Å². The molecule has 37 heavy (non-hydrogen) atoms. The van der Waals surface area contributed by atoms with Crippen LogP contribution in [0.15, 0.2) is 65.7 Å². The lowest BCUT2D eigenvalue weighted by Gasteiger charge is -2.18. The summed E-state index contributed by atoms with van der Waals surface area (Å²) in [7, 11) is 0. The second-order valence-electron chi connectivity index (χ2n) is 8.75. The summed E-state index contributed by atoms with van der Waals surface area (Å²) >= 11 is 5.73. The zero-order valence-corrected chi connectivity index (χ0v) is 23.1. The third-order valence-corrected chi connectivity index (χ3v) is 7.37. The first-order chi connectivity index (χ1) is 17.5. The molecule has 4 aromatic heterocycles. The summed E-state index contributed by atoms with van der Waals surface area (Å²) in [6, 6.07) is 10.3. The first kappa shape index (κ1) is 26.8. The monoisotopic (exact) mass is 603 g/mol. The molecule has 190 valence electrons. The number of fused-ring (bicyclic) bond motifs is 2. The fourth-order valence-corrected chi connectivity index (χ4v) is 5.24. The fourth-order valence-electron chi connectivity index (χ4n) is 3.12. The molecule has 0 saturated heterocycles. The maximum Gasteiger partial charge on any atom is 0.348 e. The van der Waals surface area contributed by atoms with Gasteiger partial charge in [0.1, 0.15) is 22.1 Å². The van der Waals surface area contributed by atoms with Gasteiger partial charge in [0.25, 0.3) is 5.91 Å². The SMILES string of the molecule is CC(C)(C)OC(=O)c1cc2c(F)cncc2s1.O=C(Nc1ccc(Br)cc1)c1cc2c(F)cncc2s1. The number of amides is 1. The van der Waals surface area contributed by atoms with Crippen LogP contribution < -0.4 is 5.32 Å². The molecule has 1 aromatic carbocycles. The Morgan fingerprint density at radius 1 is 0.865 bits per heavy atom. The van der Waals surface area contributed by atoms with Gasteiger partial charge in [-0.3, -0.25) is 14.8 Å². The number of halogens is 3. The number of ether oxygens (including phenoxy) is 1. The van der Waals surface area contributed by atoms with Gasteiger partial charge in [-0.15, -0.1) is 22.7 Å². The highest BCUT2D eigenvalue weighted by Gasteiger charge is 2.20. The average molecular weight is 604 g/mol. The Morgan fingerprint density at radius 2 is 1.38 bits per heavy atom. The number of hydrogen-bond acceptors (Lipinski definition) is 7. The summed E-state index contributed by atoms with van der Waals surface area (Å²) in [6.07, 6.45) is 5.37. The third kappa shape index (κ3) is 6.73. The molecule has 6 nitrogen and oxygen atoms in total. The number of aromatic nitrogens is 2. The predicted octanol–water partition coefficient (Wildman–Crippen LogP) is 7.84. The number of carbonyl (C=O) groups is 2. The van der Waals surface area contributed by atoms with Crippen molar-refractivity contribution >= 4 is 76.3 Å². The quantitative estimate of drug-likeness (QED) is 0.212. The van der Waals surface area contributed by atoms with Gasteiger partial charge in [-0.1, -0.05) is 15.9 Å². The Bertz CT molecular complexity index is 1590. The van der Waals surface area contributed by atoms with Crippen LogP contribution in [-0.4, -0.2) is 27.4 Å². The maximum atomic E-state index is 13.5. The molecule has 0 bridgehead atoms. The molecule has 0 fully saturated rings. The number of anilines is 1. The topological polar surface area (TPSA) is 81.2 Å². The van der Waals surface area contributed by atoms with Gasteiger partial charge in [0.15, 0.2) is 0 Å². The van der Waals surface area contributed by atoms with Crippen molar-refractivity contribution < 1.29 is 23.1 Å². The number of nitrogens with zero attached hydrogens (tertiary/aromatic N) is 2. The van der Waals surface area contributed by atoms with Gasteiger partial charge in [0, 0.05) is 33.3 Å². The number of esters is 1. The summed E-state index contributed by atoms with van der Waals surface area (Å²) in [5.41, 5.74) is 0.138. The van der Waals surface area contributed by atoms with Crippen molar-refractivity contribution in [1.82, 2.24) is 9.97 Å². The molecule has 0 spiro atoms. The fraction of sp³-hybridized carbons (Fsp3) is 0.154. The molecule has 0 radical (unpaired) electrons. The molecule has 0 aliphatic heterocycles. The van der Waals surface area contributed by atoms with Gasteiger partial charge in [-0.2, -0.15) is 0 Å². The molecular weight excluding hydrogens is 584 g/mol. The standard InChI is InChI=1S/C14H8BrFN2OS.C12H12FNO2S/c15-8-1-3-9(4-2-8)18-14(19)12-5-10-11(16)6-17-7-13(10)20-12;1-12(2,3)16-11(15)9-4-7-8(13)5-14-6-10(7)17-9/h1-7H,(H,18,19);4-6H,1-3H3. The molecule has 11 heteroatoms. The van der Waals surface area contributed by atoms with Crippen LogP contribution in [0.25, 0.3) is 20.2 Å². The van der Waals surface area contributed by atoms with E-state index in [1.165, 1.54) is 34.9 Å². The number of benzene rings is 1. The van der Waals surface area contributed by atoms with Crippen molar-refractivity contribution in [3.8, 4) is 0 Å². The van der Waals surface area contributed by atoms with Crippen LogP contribution in [-0.2, 0) is 4.74 Å². The zero-order chi connectivity index (χ0) is 26.7. The smallest absolute Gasteiger partial charge is 0.348 e. The van der Waals surface area contributed by atoms with Crippen LogP contribution in [0.5, 0.6) is 0 Å². The number of thiophene rings is 2. The van der Waals surface area contributed by atoms with E-state index in [2.05, 4.69) is 31.2 Å². The Morgan fingerprint density at radius 3 is 1.89 bits per heavy atom. The Hall–Kier alpha value is -3.28. The van der Waals surface area contributed by atoms with E-state index in [9.17, 15) is 18.4 Å². The van der Waals surface area contributed by atoms with E-state index in [-0.39, 0.29) is 5.91 Å². The van der Waals surface area contributed by atoms with Gasteiger partial charge >= 0.3 is 5.97 Å². The molecule has 0 aliphatic carbocycles. The molecular formula is C26H20BrF2N3O3S2. The summed E-state index contributed by atoms with van der Waals surface area (Å²) < 4.78 is 34.4. The van der Waals surface area contributed by atoms with Gasteiger partial charge in [-0.05, 0) is 57.2 Å². The largest absolute Gasteiger partial charge is 0.456 e. The maximum absolute atomic E-state index is 13.5. The normalized spacial score (nSPS) is 11.2. The van der Waals surface area contributed by atoms with E-state index in [0.29, 0.717) is 35.6 Å². The minimum atomic E-state index is -0.552. The molecule has 0 atom stereocenters. The zero-order valence-electron chi connectivity index (χ0n) is 19.8. The first-order valence-corrected chi connectivity index (χ1v) is 13.3. The summed E-state index contributed by atoms with van der Waals surface area (Å²) in [5.74, 6) is -1.53. The van der Waals surface area contributed by atoms with E-state index in [4.69, 9.17) is 4.74 Å². The van der Waals surface area contributed by atoms with Gasteiger partial charge in [0.05, 0.1) is 26.7 Å². The number of carbonyl (C=O) groups excluding carboxylic acids is 2. The van der Waals surface area contributed by atoms with E-state index < -0.39 is 23.2 Å². The molecule has 4 heterocycles. The molecule has 0 saturated carbocycles. The minimum Gasteiger partial charge on any atom is -0.456 e. The van der Waals surface area contributed by atoms with Crippen LogP contribution in [0.1, 0.15) is 40.1 Å². The lowest BCUT2D eigenvalue weighted by Crippen LogP contribution is -2.23. The lowest BCUT2D eigenvalue weighted by atomic mass is 10.2. The molecule has 1 amide bonds. The van der Waals surface area contributed by atoms with Crippen molar-refractivity contribution in [3.63, 3.8) is 0 Å². The molecule has 0 unspecified atom stereocenters. The van der Waals surface area contributed by atoms with E-state index in [0.717, 1.165) is 16.9 Å². The highest BCUT2D eigenvalue weighted by molar-refractivity contribution is 9.10. The van der Waals surface area contributed by atoms with Crippen molar-refractivity contribution in [1.29, 1.82) is 0 Å². The van der Waals surface area contributed by atoms with Crippen LogP contribution in [0.2, 0.25) is 0 Å². The predicted molar refractivity (Wildman–Crippen MR) is 146 cm³/mol. The molecule has 5 aromatic rings. The average Bonchev–Trinajstić information content (AvgIpc) is 3.46. The Kier molecular flexibility index (Phi) is 7.96. The number of nitrogens with one attached hydrogen (secondary N) is 1. The number of hydrogen-bond donors (Lipinski definition) is 1. The minimum absolute atomic E-state index is 0.257. The highest BCUT2D eigenvalue weighted by atomic mass is 79.9. The number of pyridine rings is 2.